The van der Waals surface area contributed by atoms with Crippen LogP contribution in [0, 0.1) is 0 Å². The molecule has 1 spiro atoms. The van der Waals surface area contributed by atoms with Crippen LogP contribution in [-0.4, -0.2) is 34.1 Å². The topological polar surface area (TPSA) is 38.2 Å². The summed E-state index contributed by atoms with van der Waals surface area (Å²) in [7, 11) is 0. The third-order valence-electron chi connectivity index (χ3n) is 5.05. The van der Waals surface area contributed by atoms with Gasteiger partial charge in [-0.05, 0) is 49.4 Å². The van der Waals surface area contributed by atoms with Gasteiger partial charge in [-0.1, -0.05) is 11.6 Å². The smallest absolute Gasteiger partial charge is 0.222 e. The lowest BCUT2D eigenvalue weighted by molar-refractivity contribution is -0.110. The van der Waals surface area contributed by atoms with Crippen LogP contribution in [0.3, 0.4) is 0 Å². The van der Waals surface area contributed by atoms with Crippen LogP contribution < -0.4 is 0 Å². The maximum absolute atomic E-state index is 6.31. The zero-order valence-electron chi connectivity index (χ0n) is 13.5. The molecular formula is C17H19Cl2N3OS. The van der Waals surface area contributed by atoms with Gasteiger partial charge in [0.15, 0.2) is 0 Å². The van der Waals surface area contributed by atoms with Crippen LogP contribution in [0.1, 0.15) is 35.8 Å². The van der Waals surface area contributed by atoms with Crippen molar-refractivity contribution in [3.05, 3.63) is 44.1 Å². The average Bonchev–Trinajstić information content (AvgIpc) is 2.94. The standard InChI is InChI=1S/C17H19Cl2N3OS/c1-11-7-17(15-13(2-5-23-17)6-14(18)24-15)3-4-22(11)10-12-8-20-16(19)21-9-12/h6,8-9,11H,2-5,7,10H2,1H3/t11-,17+/m0/s1. The summed E-state index contributed by atoms with van der Waals surface area (Å²) in [5, 5.41) is 0.294. The molecule has 4 rings (SSSR count). The molecule has 0 amide bonds. The van der Waals surface area contributed by atoms with Gasteiger partial charge < -0.3 is 4.74 Å². The van der Waals surface area contributed by atoms with Crippen LogP contribution in [0.4, 0.5) is 0 Å². The molecule has 4 nitrogen and oxygen atoms in total. The molecule has 7 heteroatoms. The quantitative estimate of drug-likeness (QED) is 0.724. The van der Waals surface area contributed by atoms with Gasteiger partial charge in [-0.3, -0.25) is 4.90 Å². The van der Waals surface area contributed by atoms with Crippen LogP contribution in [0.15, 0.2) is 18.5 Å². The first-order chi connectivity index (χ1) is 11.6. The van der Waals surface area contributed by atoms with Crippen molar-refractivity contribution in [3.8, 4) is 0 Å². The van der Waals surface area contributed by atoms with Crippen LogP contribution in [-0.2, 0) is 23.3 Å². The molecule has 0 aliphatic carbocycles. The summed E-state index contributed by atoms with van der Waals surface area (Å²) in [5.41, 5.74) is 2.31. The first-order valence-corrected chi connectivity index (χ1v) is 9.76. The zero-order chi connectivity index (χ0) is 16.7. The lowest BCUT2D eigenvalue weighted by atomic mass is 9.82. The molecule has 1 saturated heterocycles. The van der Waals surface area contributed by atoms with E-state index in [-0.39, 0.29) is 5.60 Å². The predicted molar refractivity (Wildman–Crippen MR) is 96.8 cm³/mol. The van der Waals surface area contributed by atoms with Gasteiger partial charge in [-0.25, -0.2) is 9.97 Å². The first kappa shape index (κ1) is 16.7. The Balaban J connectivity index is 1.51. The average molecular weight is 384 g/mol. The summed E-state index contributed by atoms with van der Waals surface area (Å²) in [6.07, 6.45) is 6.57. The van der Waals surface area contributed by atoms with Crippen molar-refractivity contribution in [1.29, 1.82) is 0 Å². The molecule has 4 heterocycles. The second-order valence-corrected chi connectivity index (χ2v) is 8.65. The fourth-order valence-electron chi connectivity index (χ4n) is 3.87. The minimum absolute atomic E-state index is 0.155. The van der Waals surface area contributed by atoms with Gasteiger partial charge in [-0.15, -0.1) is 11.3 Å². The largest absolute Gasteiger partial charge is 0.369 e. The van der Waals surface area contributed by atoms with E-state index in [1.54, 1.807) is 23.7 Å². The predicted octanol–water partition coefficient (Wildman–Crippen LogP) is 4.30. The van der Waals surface area contributed by atoms with E-state index in [2.05, 4.69) is 27.9 Å². The van der Waals surface area contributed by atoms with Crippen molar-refractivity contribution in [2.75, 3.05) is 13.2 Å². The van der Waals surface area contributed by atoms with Gasteiger partial charge in [-0.2, -0.15) is 0 Å². The fraction of sp³-hybridized carbons (Fsp3) is 0.529. The zero-order valence-corrected chi connectivity index (χ0v) is 15.8. The fourth-order valence-corrected chi connectivity index (χ4v) is 5.45. The summed E-state index contributed by atoms with van der Waals surface area (Å²) in [6.45, 7) is 4.88. The minimum atomic E-state index is -0.155. The summed E-state index contributed by atoms with van der Waals surface area (Å²) < 4.78 is 7.19. The van der Waals surface area contributed by atoms with Gasteiger partial charge in [0.2, 0.25) is 5.28 Å². The monoisotopic (exact) mass is 383 g/mol. The Labute approximate surface area is 155 Å². The maximum atomic E-state index is 6.31. The van der Waals surface area contributed by atoms with Crippen molar-refractivity contribution >= 4 is 34.5 Å². The van der Waals surface area contributed by atoms with E-state index in [1.807, 2.05) is 0 Å². The van der Waals surface area contributed by atoms with Gasteiger partial charge in [0.25, 0.3) is 0 Å². The lowest BCUT2D eigenvalue weighted by Crippen LogP contribution is -2.49. The van der Waals surface area contributed by atoms with E-state index in [4.69, 9.17) is 27.9 Å². The van der Waals surface area contributed by atoms with Crippen LogP contribution >= 0.6 is 34.5 Å². The Morgan fingerprint density at radius 2 is 2.17 bits per heavy atom. The highest BCUT2D eigenvalue weighted by Crippen LogP contribution is 2.48. The normalized spacial score (nSPS) is 27.4. The van der Waals surface area contributed by atoms with E-state index < -0.39 is 0 Å². The van der Waals surface area contributed by atoms with E-state index >= 15 is 0 Å². The van der Waals surface area contributed by atoms with Crippen molar-refractivity contribution < 1.29 is 4.74 Å². The van der Waals surface area contributed by atoms with Gasteiger partial charge in [0.05, 0.1) is 10.9 Å². The third kappa shape index (κ3) is 3.08. The summed E-state index contributed by atoms with van der Waals surface area (Å²) in [5.74, 6) is 0. The molecule has 2 aliphatic heterocycles. The molecular weight excluding hydrogens is 365 g/mol. The highest BCUT2D eigenvalue weighted by molar-refractivity contribution is 7.16. The molecule has 0 saturated carbocycles. The summed E-state index contributed by atoms with van der Waals surface area (Å²) >= 11 is 13.7. The van der Waals surface area contributed by atoms with Crippen molar-refractivity contribution in [2.45, 2.75) is 44.4 Å². The number of piperidine rings is 1. The molecule has 0 unspecified atom stereocenters. The number of hydrogen-bond donors (Lipinski definition) is 0. The van der Waals surface area contributed by atoms with Crippen molar-refractivity contribution in [3.63, 3.8) is 0 Å². The number of ether oxygens (including phenoxy) is 1. The first-order valence-electron chi connectivity index (χ1n) is 8.19. The molecule has 0 aromatic carbocycles. The molecule has 2 aliphatic rings. The molecule has 2 aromatic rings. The summed E-state index contributed by atoms with van der Waals surface area (Å²) in [4.78, 5) is 12.0. The second kappa shape index (κ2) is 6.54. The Bertz CT molecular complexity index is 736. The second-order valence-electron chi connectivity index (χ2n) is 6.63. The molecule has 24 heavy (non-hydrogen) atoms. The number of hydrogen-bond acceptors (Lipinski definition) is 5. The highest BCUT2D eigenvalue weighted by atomic mass is 35.5. The molecule has 128 valence electrons. The molecule has 0 radical (unpaired) electrons. The van der Waals surface area contributed by atoms with Crippen molar-refractivity contribution in [1.82, 2.24) is 14.9 Å². The minimum Gasteiger partial charge on any atom is -0.369 e. The van der Waals surface area contributed by atoms with Crippen LogP contribution in [0.5, 0.6) is 0 Å². The maximum Gasteiger partial charge on any atom is 0.222 e. The number of fused-ring (bicyclic) bond motifs is 2. The number of rotatable bonds is 2. The molecule has 2 atom stereocenters. The van der Waals surface area contributed by atoms with Crippen LogP contribution in [0.25, 0.3) is 0 Å². The van der Waals surface area contributed by atoms with E-state index in [0.29, 0.717) is 11.3 Å². The summed E-state index contributed by atoms with van der Waals surface area (Å²) in [6, 6.07) is 2.54. The Hall–Kier alpha value is -0.720. The van der Waals surface area contributed by atoms with Crippen LogP contribution in [0.2, 0.25) is 9.62 Å². The number of aromatic nitrogens is 2. The molecule has 0 N–H and O–H groups in total. The highest BCUT2D eigenvalue weighted by Gasteiger charge is 2.44. The van der Waals surface area contributed by atoms with Crippen molar-refractivity contribution in [2.24, 2.45) is 0 Å². The molecule has 0 bridgehead atoms. The lowest BCUT2D eigenvalue weighted by Gasteiger charge is -2.47. The SMILES string of the molecule is C[C@H]1C[C@@]2(CCN1Cc1cnc(Cl)nc1)OCCc1cc(Cl)sc12. The molecule has 1 fully saturated rings. The Morgan fingerprint density at radius 1 is 1.38 bits per heavy atom. The number of likely N-dealkylation sites (tertiary alicyclic amines) is 1. The van der Waals surface area contributed by atoms with E-state index in [1.165, 1.54) is 10.4 Å². The van der Waals surface area contributed by atoms with Gasteiger partial charge >= 0.3 is 0 Å². The third-order valence-corrected chi connectivity index (χ3v) is 6.74. The molecule has 2 aromatic heterocycles. The van der Waals surface area contributed by atoms with E-state index in [9.17, 15) is 0 Å². The van der Waals surface area contributed by atoms with E-state index in [0.717, 1.165) is 48.9 Å². The number of halogens is 2. The van der Waals surface area contributed by atoms with Gasteiger partial charge in [0.1, 0.15) is 5.60 Å². The van der Waals surface area contributed by atoms with Gasteiger partial charge in [0, 0.05) is 42.0 Å². The Kier molecular flexibility index (Phi) is 4.56. The Morgan fingerprint density at radius 3 is 2.92 bits per heavy atom. The number of nitrogens with zero attached hydrogens (tertiary/aromatic N) is 3. The number of thiophene rings is 1.